The van der Waals surface area contributed by atoms with Gasteiger partial charge in [0.15, 0.2) is 0 Å². The van der Waals surface area contributed by atoms with Gasteiger partial charge in [-0.2, -0.15) is 0 Å². The molecule has 0 aliphatic heterocycles. The number of aromatic amines is 1. The van der Waals surface area contributed by atoms with Crippen molar-refractivity contribution in [1.29, 1.82) is 0 Å². The number of benzene rings is 3. The van der Waals surface area contributed by atoms with E-state index in [4.69, 9.17) is 0 Å². The maximum Gasteiger partial charge on any atom is 0.138 e. The Balaban J connectivity index is 1.73. The van der Waals surface area contributed by atoms with Gasteiger partial charge in [-0.25, -0.2) is 9.37 Å². The average molecular weight is 302 g/mol. The largest absolute Gasteiger partial charge is 0.338 e. The van der Waals surface area contributed by atoms with Crippen LogP contribution in [-0.2, 0) is 0 Å². The Labute approximate surface area is 133 Å². The number of hydrogen-bond donors (Lipinski definition) is 1. The summed E-state index contributed by atoms with van der Waals surface area (Å²) in [5.74, 6) is 0.616. The van der Waals surface area contributed by atoms with Crippen molar-refractivity contribution in [2.45, 2.75) is 6.92 Å². The maximum absolute atomic E-state index is 13.9. The number of aryl methyl sites for hydroxylation is 1. The molecule has 0 fully saturated rings. The zero-order chi connectivity index (χ0) is 15.8. The molecule has 0 saturated carbocycles. The minimum absolute atomic E-state index is 0.209. The van der Waals surface area contributed by atoms with Crippen LogP contribution in [0.15, 0.2) is 66.7 Å². The van der Waals surface area contributed by atoms with Crippen LogP contribution >= 0.6 is 0 Å². The molecule has 1 aromatic heterocycles. The lowest BCUT2D eigenvalue weighted by Gasteiger charge is -2.04. The van der Waals surface area contributed by atoms with E-state index in [0.29, 0.717) is 5.56 Å². The first-order valence-electron chi connectivity index (χ1n) is 7.52. The number of aromatic nitrogens is 2. The van der Waals surface area contributed by atoms with Crippen LogP contribution in [0.4, 0.5) is 4.39 Å². The number of rotatable bonds is 2. The van der Waals surface area contributed by atoms with Crippen LogP contribution in [0.3, 0.4) is 0 Å². The summed E-state index contributed by atoms with van der Waals surface area (Å²) in [4.78, 5) is 7.95. The third-order valence-corrected chi connectivity index (χ3v) is 3.98. The molecular formula is C20H15FN2. The molecule has 0 atom stereocenters. The van der Waals surface area contributed by atoms with Crippen molar-refractivity contribution < 1.29 is 4.39 Å². The Morgan fingerprint density at radius 3 is 2.39 bits per heavy atom. The standard InChI is InChI=1S/C20H15FN2/c1-13-6-11-18-19(12-13)23-20(22-18)15-9-7-14(8-10-15)16-4-2-3-5-17(16)21/h2-12H,1H3,(H,22,23). The number of fused-ring (bicyclic) bond motifs is 1. The summed E-state index contributed by atoms with van der Waals surface area (Å²) in [6.07, 6.45) is 0. The summed E-state index contributed by atoms with van der Waals surface area (Å²) >= 11 is 0. The molecule has 0 amide bonds. The van der Waals surface area contributed by atoms with Crippen LogP contribution in [0, 0.1) is 12.7 Å². The van der Waals surface area contributed by atoms with E-state index in [1.165, 1.54) is 11.6 Å². The molecule has 0 spiro atoms. The Hall–Kier alpha value is -2.94. The molecule has 3 aromatic carbocycles. The molecule has 0 aliphatic carbocycles. The molecule has 3 heteroatoms. The van der Waals surface area contributed by atoms with Crippen LogP contribution in [0.25, 0.3) is 33.5 Å². The fraction of sp³-hybridized carbons (Fsp3) is 0.0500. The van der Waals surface area contributed by atoms with E-state index in [2.05, 4.69) is 23.0 Å². The highest BCUT2D eigenvalue weighted by Gasteiger charge is 2.07. The number of halogens is 1. The van der Waals surface area contributed by atoms with Crippen molar-refractivity contribution in [3.8, 4) is 22.5 Å². The lowest BCUT2D eigenvalue weighted by atomic mass is 10.0. The molecule has 1 heterocycles. The quantitative estimate of drug-likeness (QED) is 0.531. The summed E-state index contributed by atoms with van der Waals surface area (Å²) in [6, 6.07) is 20.7. The average Bonchev–Trinajstić information content (AvgIpc) is 2.98. The van der Waals surface area contributed by atoms with Crippen molar-refractivity contribution in [1.82, 2.24) is 9.97 Å². The SMILES string of the molecule is Cc1ccc2nc(-c3ccc(-c4ccccc4F)cc3)[nH]c2c1. The predicted molar refractivity (Wildman–Crippen MR) is 91.7 cm³/mol. The van der Waals surface area contributed by atoms with E-state index >= 15 is 0 Å². The molecule has 4 rings (SSSR count). The molecule has 23 heavy (non-hydrogen) atoms. The molecule has 2 nitrogen and oxygen atoms in total. The topological polar surface area (TPSA) is 28.7 Å². The number of nitrogens with one attached hydrogen (secondary N) is 1. The van der Waals surface area contributed by atoms with Gasteiger partial charge in [0.05, 0.1) is 11.0 Å². The van der Waals surface area contributed by atoms with Crippen LogP contribution in [0.5, 0.6) is 0 Å². The summed E-state index contributed by atoms with van der Waals surface area (Å²) in [6.45, 7) is 2.06. The highest BCUT2D eigenvalue weighted by atomic mass is 19.1. The Bertz CT molecular complexity index is 984. The lowest BCUT2D eigenvalue weighted by Crippen LogP contribution is -1.85. The Morgan fingerprint density at radius 1 is 0.870 bits per heavy atom. The highest BCUT2D eigenvalue weighted by molar-refractivity contribution is 5.80. The van der Waals surface area contributed by atoms with Gasteiger partial charge in [-0.3, -0.25) is 0 Å². The van der Waals surface area contributed by atoms with E-state index in [9.17, 15) is 4.39 Å². The molecule has 4 aromatic rings. The fourth-order valence-corrected chi connectivity index (χ4v) is 2.76. The molecule has 0 radical (unpaired) electrons. The molecule has 0 unspecified atom stereocenters. The predicted octanol–water partition coefficient (Wildman–Crippen LogP) is 5.34. The minimum atomic E-state index is -0.209. The van der Waals surface area contributed by atoms with Crippen molar-refractivity contribution in [2.75, 3.05) is 0 Å². The number of H-pyrrole nitrogens is 1. The molecule has 0 saturated heterocycles. The van der Waals surface area contributed by atoms with Crippen LogP contribution in [-0.4, -0.2) is 9.97 Å². The second kappa shape index (κ2) is 5.36. The first kappa shape index (κ1) is 13.7. The molecule has 112 valence electrons. The van der Waals surface area contributed by atoms with Crippen molar-refractivity contribution >= 4 is 11.0 Å². The summed E-state index contributed by atoms with van der Waals surface area (Å²) < 4.78 is 13.9. The van der Waals surface area contributed by atoms with Crippen molar-refractivity contribution in [3.05, 3.63) is 78.1 Å². The number of hydrogen-bond acceptors (Lipinski definition) is 1. The van der Waals surface area contributed by atoms with Gasteiger partial charge in [0.1, 0.15) is 11.6 Å². The molecular weight excluding hydrogens is 287 g/mol. The third-order valence-electron chi connectivity index (χ3n) is 3.98. The zero-order valence-corrected chi connectivity index (χ0v) is 12.7. The smallest absolute Gasteiger partial charge is 0.138 e. The third kappa shape index (κ3) is 2.50. The monoisotopic (exact) mass is 302 g/mol. The number of nitrogens with zero attached hydrogens (tertiary/aromatic N) is 1. The molecule has 0 aliphatic rings. The lowest BCUT2D eigenvalue weighted by molar-refractivity contribution is 0.631. The first-order valence-corrected chi connectivity index (χ1v) is 7.52. The van der Waals surface area contributed by atoms with Crippen molar-refractivity contribution in [2.24, 2.45) is 0 Å². The van der Waals surface area contributed by atoms with Crippen molar-refractivity contribution in [3.63, 3.8) is 0 Å². The minimum Gasteiger partial charge on any atom is -0.338 e. The summed E-state index contributed by atoms with van der Waals surface area (Å²) in [5, 5.41) is 0. The van der Waals surface area contributed by atoms with E-state index < -0.39 is 0 Å². The Kier molecular flexibility index (Phi) is 3.19. The zero-order valence-electron chi connectivity index (χ0n) is 12.7. The van der Waals surface area contributed by atoms with Crippen LogP contribution < -0.4 is 0 Å². The summed E-state index contributed by atoms with van der Waals surface area (Å²) in [7, 11) is 0. The van der Waals surface area contributed by atoms with Gasteiger partial charge in [-0.15, -0.1) is 0 Å². The van der Waals surface area contributed by atoms with Crippen LogP contribution in [0.1, 0.15) is 5.56 Å². The van der Waals surface area contributed by atoms with Gasteiger partial charge < -0.3 is 4.98 Å². The second-order valence-electron chi connectivity index (χ2n) is 5.66. The van der Waals surface area contributed by atoms with E-state index in [1.807, 2.05) is 42.5 Å². The normalized spacial score (nSPS) is 11.0. The van der Waals surface area contributed by atoms with Gasteiger partial charge in [-0.1, -0.05) is 48.5 Å². The van der Waals surface area contributed by atoms with E-state index in [-0.39, 0.29) is 5.82 Å². The first-order chi connectivity index (χ1) is 11.2. The maximum atomic E-state index is 13.9. The fourth-order valence-electron chi connectivity index (χ4n) is 2.76. The molecule has 1 N–H and O–H groups in total. The van der Waals surface area contributed by atoms with Gasteiger partial charge in [-0.05, 0) is 36.2 Å². The summed E-state index contributed by atoms with van der Waals surface area (Å²) in [5.41, 5.74) is 5.63. The van der Waals surface area contributed by atoms with Gasteiger partial charge in [0, 0.05) is 11.1 Å². The highest BCUT2D eigenvalue weighted by Crippen LogP contribution is 2.26. The van der Waals surface area contributed by atoms with E-state index in [0.717, 1.165) is 28.0 Å². The van der Waals surface area contributed by atoms with Gasteiger partial charge in [0.25, 0.3) is 0 Å². The number of imidazole rings is 1. The Morgan fingerprint density at radius 2 is 1.61 bits per heavy atom. The van der Waals surface area contributed by atoms with E-state index in [1.54, 1.807) is 12.1 Å². The second-order valence-corrected chi connectivity index (χ2v) is 5.66. The van der Waals surface area contributed by atoms with Gasteiger partial charge >= 0.3 is 0 Å². The molecule has 0 bridgehead atoms. The van der Waals surface area contributed by atoms with Gasteiger partial charge in [0.2, 0.25) is 0 Å². The van der Waals surface area contributed by atoms with Crippen LogP contribution in [0.2, 0.25) is 0 Å².